The van der Waals surface area contributed by atoms with Crippen LogP contribution in [0.4, 0.5) is 10.6 Å². The van der Waals surface area contributed by atoms with Gasteiger partial charge in [-0.1, -0.05) is 12.1 Å². The summed E-state index contributed by atoms with van der Waals surface area (Å²) >= 11 is 3.43. The van der Waals surface area contributed by atoms with Crippen LogP contribution in [0.5, 0.6) is 0 Å². The Morgan fingerprint density at radius 2 is 2.20 bits per heavy atom. The largest absolute Gasteiger partial charge is 0.446 e. The van der Waals surface area contributed by atoms with Crippen LogP contribution < -0.4 is 5.32 Å². The predicted molar refractivity (Wildman–Crippen MR) is 81.9 cm³/mol. The van der Waals surface area contributed by atoms with E-state index in [1.165, 1.54) is 0 Å². The number of hydrogen-bond donors (Lipinski definition) is 1. The van der Waals surface area contributed by atoms with Gasteiger partial charge in [-0.25, -0.2) is 9.78 Å². The number of nitrogens with zero attached hydrogens (tertiary/aromatic N) is 1. The first kappa shape index (κ1) is 13.4. The van der Waals surface area contributed by atoms with Gasteiger partial charge in [0.1, 0.15) is 11.9 Å². The number of carbonyl (C=O) groups excluding carboxylic acids is 1. The Labute approximate surface area is 125 Å². The zero-order valence-corrected chi connectivity index (χ0v) is 12.7. The second-order valence-electron chi connectivity index (χ2n) is 5.10. The van der Waals surface area contributed by atoms with E-state index in [0.29, 0.717) is 5.82 Å². The molecule has 1 N–H and O–H groups in total. The average Bonchev–Trinajstić information content (AvgIpc) is 2.35. The lowest BCUT2D eigenvalue weighted by atomic mass is 9.96. The summed E-state index contributed by atoms with van der Waals surface area (Å²) in [4.78, 5) is 16.2. The topological polar surface area (TPSA) is 51.2 Å². The first-order chi connectivity index (χ1) is 9.61. The molecular weight excluding hydrogens is 320 g/mol. The van der Waals surface area contributed by atoms with Gasteiger partial charge in [0.25, 0.3) is 0 Å². The van der Waals surface area contributed by atoms with E-state index in [1.54, 1.807) is 0 Å². The number of amides is 1. The lowest BCUT2D eigenvalue weighted by Gasteiger charge is -2.25. The van der Waals surface area contributed by atoms with Gasteiger partial charge in [0.15, 0.2) is 0 Å². The highest BCUT2D eigenvalue weighted by Gasteiger charge is 2.22. The van der Waals surface area contributed by atoms with Crippen LogP contribution in [-0.2, 0) is 4.74 Å². The number of aromatic nitrogens is 1. The van der Waals surface area contributed by atoms with Gasteiger partial charge in [0.05, 0.1) is 9.99 Å². The molecule has 4 nitrogen and oxygen atoms in total. The minimum atomic E-state index is -0.435. The number of hydrogen-bond acceptors (Lipinski definition) is 3. The SMILES string of the molecule is Cc1ccc2cc(Br)c(NC(=O)OC3CCC3)nc2c1. The maximum absolute atomic E-state index is 11.8. The first-order valence-corrected chi connectivity index (χ1v) is 7.46. The van der Waals surface area contributed by atoms with Crippen molar-refractivity contribution in [2.45, 2.75) is 32.3 Å². The Kier molecular flexibility index (Phi) is 3.61. The molecule has 1 aliphatic rings. The molecule has 1 saturated carbocycles. The van der Waals surface area contributed by atoms with Gasteiger partial charge in [-0.05, 0) is 59.8 Å². The van der Waals surface area contributed by atoms with E-state index in [0.717, 1.165) is 40.2 Å². The van der Waals surface area contributed by atoms with Crippen LogP contribution in [0.15, 0.2) is 28.7 Å². The molecule has 0 atom stereocenters. The standard InChI is InChI=1S/C15H15BrN2O2/c1-9-5-6-10-8-12(16)14(17-13(10)7-9)18-15(19)20-11-3-2-4-11/h5-8,11H,2-4H2,1H3,(H,17,18,19). The van der Waals surface area contributed by atoms with Crippen LogP contribution in [0.25, 0.3) is 10.9 Å². The number of halogens is 1. The van der Waals surface area contributed by atoms with E-state index < -0.39 is 6.09 Å². The molecular formula is C15H15BrN2O2. The zero-order chi connectivity index (χ0) is 14.1. The third kappa shape index (κ3) is 2.77. The summed E-state index contributed by atoms with van der Waals surface area (Å²) in [5, 5.41) is 3.73. The molecule has 0 unspecified atom stereocenters. The van der Waals surface area contributed by atoms with Crippen molar-refractivity contribution < 1.29 is 9.53 Å². The molecule has 1 aromatic carbocycles. The molecule has 0 radical (unpaired) electrons. The van der Waals surface area contributed by atoms with E-state index in [4.69, 9.17) is 4.74 Å². The molecule has 1 amide bonds. The van der Waals surface area contributed by atoms with Gasteiger partial charge >= 0.3 is 6.09 Å². The van der Waals surface area contributed by atoms with E-state index in [2.05, 4.69) is 26.2 Å². The summed E-state index contributed by atoms with van der Waals surface area (Å²) in [6.07, 6.45) is 2.68. The first-order valence-electron chi connectivity index (χ1n) is 6.66. The molecule has 2 aromatic rings. The zero-order valence-electron chi connectivity index (χ0n) is 11.1. The number of benzene rings is 1. The van der Waals surface area contributed by atoms with Crippen molar-refractivity contribution in [3.05, 3.63) is 34.3 Å². The number of fused-ring (bicyclic) bond motifs is 1. The molecule has 1 aromatic heterocycles. The Morgan fingerprint density at radius 1 is 1.40 bits per heavy atom. The number of ether oxygens (including phenoxy) is 1. The van der Waals surface area contributed by atoms with Crippen molar-refractivity contribution in [2.24, 2.45) is 0 Å². The van der Waals surface area contributed by atoms with Crippen molar-refractivity contribution >= 4 is 38.7 Å². The van der Waals surface area contributed by atoms with Crippen LogP contribution in [0.3, 0.4) is 0 Å². The number of pyridine rings is 1. The normalized spacial score (nSPS) is 14.9. The smallest absolute Gasteiger partial charge is 0.413 e. The Bertz CT molecular complexity index is 668. The van der Waals surface area contributed by atoms with Crippen molar-refractivity contribution in [1.29, 1.82) is 0 Å². The van der Waals surface area contributed by atoms with Crippen LogP contribution in [-0.4, -0.2) is 17.2 Å². The molecule has 20 heavy (non-hydrogen) atoms. The number of carbonyl (C=O) groups is 1. The summed E-state index contributed by atoms with van der Waals surface area (Å²) in [5.74, 6) is 0.493. The van der Waals surface area contributed by atoms with E-state index >= 15 is 0 Å². The highest BCUT2D eigenvalue weighted by molar-refractivity contribution is 9.10. The van der Waals surface area contributed by atoms with Gasteiger partial charge < -0.3 is 4.74 Å². The van der Waals surface area contributed by atoms with Crippen molar-refractivity contribution in [3.8, 4) is 0 Å². The average molecular weight is 335 g/mol. The summed E-state index contributed by atoms with van der Waals surface area (Å²) < 4.78 is 6.02. The number of rotatable bonds is 2. The molecule has 0 bridgehead atoms. The van der Waals surface area contributed by atoms with E-state index in [9.17, 15) is 4.79 Å². The van der Waals surface area contributed by atoms with Crippen LogP contribution in [0.1, 0.15) is 24.8 Å². The van der Waals surface area contributed by atoms with Crippen molar-refractivity contribution in [2.75, 3.05) is 5.32 Å². The van der Waals surface area contributed by atoms with Gasteiger partial charge in [0, 0.05) is 5.39 Å². The molecule has 1 heterocycles. The van der Waals surface area contributed by atoms with Gasteiger partial charge in [-0.15, -0.1) is 0 Å². The fraction of sp³-hybridized carbons (Fsp3) is 0.333. The number of nitrogens with one attached hydrogen (secondary N) is 1. The van der Waals surface area contributed by atoms with Crippen molar-refractivity contribution in [3.63, 3.8) is 0 Å². The summed E-state index contributed by atoms with van der Waals surface area (Å²) in [5.41, 5.74) is 1.99. The summed E-state index contributed by atoms with van der Waals surface area (Å²) in [7, 11) is 0. The van der Waals surface area contributed by atoms with E-state index in [1.807, 2.05) is 31.2 Å². The molecule has 5 heteroatoms. The van der Waals surface area contributed by atoms with Crippen LogP contribution >= 0.6 is 15.9 Å². The molecule has 0 spiro atoms. The maximum atomic E-state index is 11.8. The third-order valence-electron chi connectivity index (χ3n) is 3.47. The second-order valence-corrected chi connectivity index (χ2v) is 5.95. The molecule has 1 fully saturated rings. The van der Waals surface area contributed by atoms with Gasteiger partial charge in [0.2, 0.25) is 0 Å². The van der Waals surface area contributed by atoms with Crippen LogP contribution in [0, 0.1) is 6.92 Å². The maximum Gasteiger partial charge on any atom is 0.413 e. The van der Waals surface area contributed by atoms with Gasteiger partial charge in [-0.2, -0.15) is 0 Å². The Balaban J connectivity index is 1.82. The quantitative estimate of drug-likeness (QED) is 0.885. The van der Waals surface area contributed by atoms with E-state index in [-0.39, 0.29) is 6.10 Å². The van der Waals surface area contributed by atoms with Gasteiger partial charge in [-0.3, -0.25) is 5.32 Å². The minimum absolute atomic E-state index is 0.0662. The summed E-state index contributed by atoms with van der Waals surface area (Å²) in [6, 6.07) is 7.98. The summed E-state index contributed by atoms with van der Waals surface area (Å²) in [6.45, 7) is 2.02. The number of aryl methyl sites for hydroxylation is 1. The Morgan fingerprint density at radius 3 is 2.90 bits per heavy atom. The minimum Gasteiger partial charge on any atom is -0.446 e. The fourth-order valence-electron chi connectivity index (χ4n) is 2.11. The molecule has 1 aliphatic carbocycles. The highest BCUT2D eigenvalue weighted by Crippen LogP contribution is 2.27. The highest BCUT2D eigenvalue weighted by atomic mass is 79.9. The molecule has 0 saturated heterocycles. The predicted octanol–water partition coefficient (Wildman–Crippen LogP) is 4.41. The lowest BCUT2D eigenvalue weighted by Crippen LogP contribution is -2.28. The second kappa shape index (κ2) is 5.40. The Hall–Kier alpha value is -1.62. The van der Waals surface area contributed by atoms with Crippen molar-refractivity contribution in [1.82, 2.24) is 4.98 Å². The lowest BCUT2D eigenvalue weighted by molar-refractivity contribution is 0.0623. The molecule has 0 aliphatic heterocycles. The third-order valence-corrected chi connectivity index (χ3v) is 4.08. The fourth-order valence-corrected chi connectivity index (χ4v) is 2.54. The molecule has 3 rings (SSSR count). The monoisotopic (exact) mass is 334 g/mol. The number of anilines is 1. The van der Waals surface area contributed by atoms with Crippen LogP contribution in [0.2, 0.25) is 0 Å². The molecule has 104 valence electrons.